The van der Waals surface area contributed by atoms with Gasteiger partial charge in [0.2, 0.25) is 0 Å². The number of benzene rings is 1. The van der Waals surface area contributed by atoms with Gasteiger partial charge in [-0.25, -0.2) is 4.98 Å². The number of amides is 1. The number of fused-ring (bicyclic) bond motifs is 2. The lowest BCUT2D eigenvalue weighted by Gasteiger charge is -2.27. The fourth-order valence-corrected chi connectivity index (χ4v) is 2.97. The van der Waals surface area contributed by atoms with E-state index in [0.717, 1.165) is 22.7 Å². The molecule has 1 aromatic carbocycles. The van der Waals surface area contributed by atoms with Crippen molar-refractivity contribution in [3.05, 3.63) is 60.0 Å². The molecular weight excluding hydrogens is 318 g/mol. The van der Waals surface area contributed by atoms with E-state index in [1.165, 1.54) is 0 Å². The molecule has 0 aliphatic carbocycles. The molecule has 1 aliphatic heterocycles. The summed E-state index contributed by atoms with van der Waals surface area (Å²) in [7, 11) is 1.81. The van der Waals surface area contributed by atoms with Crippen molar-refractivity contribution in [1.82, 2.24) is 14.3 Å². The molecule has 0 spiro atoms. The molecule has 0 unspecified atom stereocenters. The third-order valence-electron chi connectivity index (χ3n) is 4.59. The van der Waals surface area contributed by atoms with E-state index in [1.807, 2.05) is 48.8 Å². The van der Waals surface area contributed by atoms with Crippen molar-refractivity contribution in [3.63, 3.8) is 0 Å². The Hall–Kier alpha value is -3.02. The van der Waals surface area contributed by atoms with Crippen LogP contribution < -0.4 is 9.47 Å². The fraction of sp³-hybridized carbons (Fsp3) is 0.263. The summed E-state index contributed by atoms with van der Waals surface area (Å²) in [4.78, 5) is 18.8. The van der Waals surface area contributed by atoms with Crippen LogP contribution in [0, 0.1) is 0 Å². The molecule has 0 saturated heterocycles. The van der Waals surface area contributed by atoms with E-state index < -0.39 is 0 Å². The molecule has 0 saturated carbocycles. The van der Waals surface area contributed by atoms with Crippen LogP contribution in [0.4, 0.5) is 0 Å². The minimum atomic E-state index is -0.0955. The molecule has 25 heavy (non-hydrogen) atoms. The Kier molecular flexibility index (Phi) is 3.80. The predicted molar refractivity (Wildman–Crippen MR) is 93.1 cm³/mol. The summed E-state index contributed by atoms with van der Waals surface area (Å²) in [6, 6.07) is 9.37. The number of aromatic nitrogens is 2. The molecule has 4 rings (SSSR count). The average molecular weight is 337 g/mol. The maximum atomic E-state index is 12.8. The van der Waals surface area contributed by atoms with E-state index in [-0.39, 0.29) is 11.9 Å². The van der Waals surface area contributed by atoms with Gasteiger partial charge in [0, 0.05) is 25.6 Å². The van der Waals surface area contributed by atoms with Gasteiger partial charge < -0.3 is 18.8 Å². The number of imidazole rings is 1. The summed E-state index contributed by atoms with van der Waals surface area (Å²) >= 11 is 0. The van der Waals surface area contributed by atoms with E-state index in [4.69, 9.17) is 9.47 Å². The number of ether oxygens (including phenoxy) is 2. The minimum Gasteiger partial charge on any atom is -0.486 e. The lowest BCUT2D eigenvalue weighted by atomic mass is 10.1. The molecule has 1 atom stereocenters. The summed E-state index contributed by atoms with van der Waals surface area (Å²) < 4.78 is 13.0. The third-order valence-corrected chi connectivity index (χ3v) is 4.59. The molecule has 3 heterocycles. The Morgan fingerprint density at radius 1 is 1.20 bits per heavy atom. The first kappa shape index (κ1) is 15.5. The molecule has 0 N–H and O–H groups in total. The predicted octanol–water partition coefficient (Wildman–Crippen LogP) is 2.94. The Morgan fingerprint density at radius 2 is 2.00 bits per heavy atom. The fourth-order valence-electron chi connectivity index (χ4n) is 2.97. The molecular formula is C19H19N3O3. The van der Waals surface area contributed by atoms with Gasteiger partial charge in [0.1, 0.15) is 18.9 Å². The normalized spacial score (nSPS) is 14.3. The number of carbonyl (C=O) groups excluding carboxylic acids is 1. The summed E-state index contributed by atoms with van der Waals surface area (Å²) in [6.45, 7) is 3.11. The van der Waals surface area contributed by atoms with Crippen molar-refractivity contribution in [2.45, 2.75) is 13.0 Å². The van der Waals surface area contributed by atoms with Gasteiger partial charge in [-0.1, -0.05) is 6.07 Å². The number of hydrogen-bond donors (Lipinski definition) is 0. The van der Waals surface area contributed by atoms with Gasteiger partial charge in [0.25, 0.3) is 5.91 Å². The topological polar surface area (TPSA) is 56.1 Å². The number of nitrogens with zero attached hydrogens (tertiary/aromatic N) is 3. The van der Waals surface area contributed by atoms with Crippen molar-refractivity contribution < 1.29 is 14.3 Å². The van der Waals surface area contributed by atoms with Crippen molar-refractivity contribution in [3.8, 4) is 11.5 Å². The van der Waals surface area contributed by atoms with Crippen LogP contribution in [-0.4, -0.2) is 40.5 Å². The van der Waals surface area contributed by atoms with Crippen molar-refractivity contribution >= 4 is 11.6 Å². The van der Waals surface area contributed by atoms with Gasteiger partial charge in [-0.3, -0.25) is 4.79 Å². The second kappa shape index (κ2) is 6.12. The van der Waals surface area contributed by atoms with Crippen LogP contribution in [-0.2, 0) is 0 Å². The highest BCUT2D eigenvalue weighted by Gasteiger charge is 2.21. The first-order valence-corrected chi connectivity index (χ1v) is 8.23. The minimum absolute atomic E-state index is 0.0435. The van der Waals surface area contributed by atoms with Crippen molar-refractivity contribution in [1.29, 1.82) is 0 Å². The first-order chi connectivity index (χ1) is 12.1. The third kappa shape index (κ3) is 2.80. The first-order valence-electron chi connectivity index (χ1n) is 8.23. The SMILES string of the molecule is C[C@@H](c1ccc2c(c1)OCCO2)N(C)C(=O)c1ccc2nccn2c1. The van der Waals surface area contributed by atoms with Crippen LogP contribution in [0.3, 0.4) is 0 Å². The largest absolute Gasteiger partial charge is 0.486 e. The molecule has 2 aromatic heterocycles. The van der Waals surface area contributed by atoms with Gasteiger partial charge in [0.15, 0.2) is 11.5 Å². The molecule has 6 nitrogen and oxygen atoms in total. The van der Waals surface area contributed by atoms with Crippen molar-refractivity contribution in [2.75, 3.05) is 20.3 Å². The van der Waals surface area contributed by atoms with E-state index >= 15 is 0 Å². The number of pyridine rings is 1. The second-order valence-electron chi connectivity index (χ2n) is 6.11. The van der Waals surface area contributed by atoms with E-state index in [9.17, 15) is 4.79 Å². The summed E-state index contributed by atoms with van der Waals surface area (Å²) in [5.74, 6) is 1.44. The van der Waals surface area contributed by atoms with Gasteiger partial charge in [-0.05, 0) is 36.8 Å². The Balaban J connectivity index is 1.58. The zero-order chi connectivity index (χ0) is 17.4. The van der Waals surface area contributed by atoms with Crippen LogP contribution in [0.25, 0.3) is 5.65 Å². The molecule has 128 valence electrons. The highest BCUT2D eigenvalue weighted by Crippen LogP contribution is 2.34. The molecule has 6 heteroatoms. The number of hydrogen-bond acceptors (Lipinski definition) is 4. The second-order valence-corrected chi connectivity index (χ2v) is 6.11. The monoisotopic (exact) mass is 337 g/mol. The zero-order valence-electron chi connectivity index (χ0n) is 14.2. The summed E-state index contributed by atoms with van der Waals surface area (Å²) in [5, 5.41) is 0. The standard InChI is InChI=1S/C19H19N3O3/c1-13(14-3-5-16-17(11-14)25-10-9-24-16)21(2)19(23)15-4-6-18-20-7-8-22(18)12-15/h3-8,11-13H,9-10H2,1-2H3/t13-/m0/s1. The summed E-state index contributed by atoms with van der Waals surface area (Å²) in [6.07, 6.45) is 5.35. The molecule has 0 radical (unpaired) electrons. The van der Waals surface area contributed by atoms with Gasteiger partial charge in [0.05, 0.1) is 11.6 Å². The molecule has 3 aromatic rings. The van der Waals surface area contributed by atoms with E-state index in [1.54, 1.807) is 23.4 Å². The van der Waals surface area contributed by atoms with Gasteiger partial charge in [-0.2, -0.15) is 0 Å². The smallest absolute Gasteiger partial charge is 0.255 e. The highest BCUT2D eigenvalue weighted by atomic mass is 16.6. The molecule has 1 aliphatic rings. The lowest BCUT2D eigenvalue weighted by molar-refractivity contribution is 0.0741. The average Bonchev–Trinajstić information content (AvgIpc) is 3.13. The highest BCUT2D eigenvalue weighted by molar-refractivity contribution is 5.94. The van der Waals surface area contributed by atoms with Crippen LogP contribution in [0.15, 0.2) is 48.9 Å². The Bertz CT molecular complexity index is 935. The summed E-state index contributed by atoms with van der Waals surface area (Å²) in [5.41, 5.74) is 2.44. The van der Waals surface area contributed by atoms with Gasteiger partial charge in [-0.15, -0.1) is 0 Å². The maximum Gasteiger partial charge on any atom is 0.255 e. The van der Waals surface area contributed by atoms with Crippen LogP contribution >= 0.6 is 0 Å². The quantitative estimate of drug-likeness (QED) is 0.737. The van der Waals surface area contributed by atoms with Crippen LogP contribution in [0.1, 0.15) is 28.9 Å². The van der Waals surface area contributed by atoms with E-state index in [0.29, 0.717) is 18.8 Å². The maximum absolute atomic E-state index is 12.8. The number of rotatable bonds is 3. The lowest BCUT2D eigenvalue weighted by Crippen LogP contribution is -2.30. The van der Waals surface area contributed by atoms with Crippen molar-refractivity contribution in [2.24, 2.45) is 0 Å². The molecule has 0 bridgehead atoms. The van der Waals surface area contributed by atoms with Crippen LogP contribution in [0.5, 0.6) is 11.5 Å². The Labute approximate surface area is 145 Å². The Morgan fingerprint density at radius 3 is 2.84 bits per heavy atom. The molecule has 1 amide bonds. The molecule has 0 fully saturated rings. The number of carbonyl (C=O) groups is 1. The zero-order valence-corrected chi connectivity index (χ0v) is 14.2. The van der Waals surface area contributed by atoms with Crippen LogP contribution in [0.2, 0.25) is 0 Å². The van der Waals surface area contributed by atoms with Gasteiger partial charge >= 0.3 is 0 Å². The van der Waals surface area contributed by atoms with E-state index in [2.05, 4.69) is 4.98 Å².